The highest BCUT2D eigenvalue weighted by molar-refractivity contribution is 7.15. The van der Waals surface area contributed by atoms with Gasteiger partial charge in [-0.15, -0.1) is 11.3 Å². The smallest absolute Gasteiger partial charge is 0.410 e. The van der Waals surface area contributed by atoms with Gasteiger partial charge in [0.2, 0.25) is 0 Å². The number of ether oxygens (including phenoxy) is 1. The normalized spacial score (nSPS) is 15.3. The maximum Gasteiger partial charge on any atom is 0.410 e. The van der Waals surface area contributed by atoms with Gasteiger partial charge in [0, 0.05) is 36.4 Å². The highest BCUT2D eigenvalue weighted by atomic mass is 35.5. The number of thiazole rings is 1. The van der Waals surface area contributed by atoms with Gasteiger partial charge in [-0.05, 0) is 63.8 Å². The molecule has 3 rings (SSSR count). The summed E-state index contributed by atoms with van der Waals surface area (Å²) in [4.78, 5) is 19.1. The second kappa shape index (κ2) is 10.5. The summed E-state index contributed by atoms with van der Waals surface area (Å²) in [5.41, 5.74) is 1.90. The Morgan fingerprint density at radius 2 is 1.93 bits per heavy atom. The van der Waals surface area contributed by atoms with Crippen LogP contribution in [0.15, 0.2) is 30.5 Å². The van der Waals surface area contributed by atoms with E-state index in [0.717, 1.165) is 56.1 Å². The molecule has 0 saturated carbocycles. The van der Waals surface area contributed by atoms with Crippen molar-refractivity contribution in [3.63, 3.8) is 0 Å². The lowest BCUT2D eigenvalue weighted by atomic mass is 9.97. The zero-order valence-electron chi connectivity index (χ0n) is 17.9. The summed E-state index contributed by atoms with van der Waals surface area (Å²) in [7, 11) is 0. The number of piperidine rings is 1. The number of carbonyl (C=O) groups is 1. The molecule has 1 fully saturated rings. The second-order valence-corrected chi connectivity index (χ2v) is 10.4. The SMILES string of the molecule is CC(C)(C)OC(=O)N1CCC(CNCc2ccc(NCc3cnc(Cl)s3)cc2)CC1. The van der Waals surface area contributed by atoms with Crippen molar-refractivity contribution in [2.75, 3.05) is 25.0 Å². The maximum atomic E-state index is 12.1. The van der Waals surface area contributed by atoms with Crippen molar-refractivity contribution >= 4 is 34.7 Å². The highest BCUT2D eigenvalue weighted by Gasteiger charge is 2.26. The summed E-state index contributed by atoms with van der Waals surface area (Å²) in [5.74, 6) is 0.593. The molecule has 164 valence electrons. The van der Waals surface area contributed by atoms with Crippen molar-refractivity contribution in [2.24, 2.45) is 5.92 Å². The van der Waals surface area contributed by atoms with E-state index in [1.807, 2.05) is 25.7 Å². The molecule has 0 bridgehead atoms. The van der Waals surface area contributed by atoms with Gasteiger partial charge < -0.3 is 20.3 Å². The number of hydrogen-bond donors (Lipinski definition) is 2. The zero-order valence-corrected chi connectivity index (χ0v) is 19.5. The van der Waals surface area contributed by atoms with Gasteiger partial charge >= 0.3 is 6.09 Å². The Labute approximate surface area is 188 Å². The molecule has 0 unspecified atom stereocenters. The molecular formula is C22H31ClN4O2S. The third kappa shape index (κ3) is 7.45. The first-order chi connectivity index (χ1) is 14.3. The Morgan fingerprint density at radius 1 is 1.23 bits per heavy atom. The van der Waals surface area contributed by atoms with Crippen LogP contribution in [0.25, 0.3) is 0 Å². The van der Waals surface area contributed by atoms with E-state index in [-0.39, 0.29) is 6.09 Å². The van der Waals surface area contributed by atoms with E-state index >= 15 is 0 Å². The number of hydrogen-bond acceptors (Lipinski definition) is 6. The van der Waals surface area contributed by atoms with Gasteiger partial charge in [-0.2, -0.15) is 0 Å². The van der Waals surface area contributed by atoms with Gasteiger partial charge in [0.1, 0.15) is 5.60 Å². The number of rotatable bonds is 7. The standard InChI is InChI=1S/C22H31ClN4O2S/c1-22(2,3)29-21(28)27-10-8-17(9-11-27)13-24-12-16-4-6-18(7-5-16)25-14-19-15-26-20(23)30-19/h4-7,15,17,24-25H,8-14H2,1-3H3. The van der Waals surface area contributed by atoms with Crippen molar-refractivity contribution in [1.82, 2.24) is 15.2 Å². The van der Waals surface area contributed by atoms with Crippen LogP contribution in [0.1, 0.15) is 44.1 Å². The van der Waals surface area contributed by atoms with E-state index in [1.54, 1.807) is 6.20 Å². The fraction of sp³-hybridized carbons (Fsp3) is 0.545. The minimum atomic E-state index is -0.435. The van der Waals surface area contributed by atoms with Crippen LogP contribution < -0.4 is 10.6 Å². The fourth-order valence-corrected chi connectivity index (χ4v) is 4.28. The summed E-state index contributed by atoms with van der Waals surface area (Å²) >= 11 is 7.35. The van der Waals surface area contributed by atoms with E-state index in [2.05, 4.69) is 39.9 Å². The monoisotopic (exact) mass is 450 g/mol. The average molecular weight is 451 g/mol. The topological polar surface area (TPSA) is 66.5 Å². The molecule has 1 amide bonds. The van der Waals surface area contributed by atoms with Crippen LogP contribution in [-0.2, 0) is 17.8 Å². The van der Waals surface area contributed by atoms with Crippen molar-refractivity contribution < 1.29 is 9.53 Å². The maximum absolute atomic E-state index is 12.1. The van der Waals surface area contributed by atoms with Gasteiger partial charge in [0.25, 0.3) is 0 Å². The molecule has 6 nitrogen and oxygen atoms in total. The quantitative estimate of drug-likeness (QED) is 0.610. The zero-order chi connectivity index (χ0) is 21.6. The molecule has 2 aromatic rings. The molecule has 1 aromatic heterocycles. The van der Waals surface area contributed by atoms with Crippen LogP contribution in [0.3, 0.4) is 0 Å². The van der Waals surface area contributed by atoms with E-state index < -0.39 is 5.60 Å². The van der Waals surface area contributed by atoms with E-state index in [0.29, 0.717) is 10.4 Å². The molecule has 1 saturated heterocycles. The number of anilines is 1. The summed E-state index contributed by atoms with van der Waals surface area (Å²) < 4.78 is 6.04. The van der Waals surface area contributed by atoms with E-state index in [1.165, 1.54) is 16.9 Å². The molecule has 1 aliphatic heterocycles. The molecule has 1 aliphatic rings. The summed E-state index contributed by atoms with van der Waals surface area (Å²) in [6, 6.07) is 8.47. The van der Waals surface area contributed by atoms with Crippen LogP contribution >= 0.6 is 22.9 Å². The third-order valence-corrected chi connectivity index (χ3v) is 6.09. The highest BCUT2D eigenvalue weighted by Crippen LogP contribution is 2.20. The number of nitrogens with one attached hydrogen (secondary N) is 2. The molecule has 1 aromatic carbocycles. The van der Waals surface area contributed by atoms with E-state index in [9.17, 15) is 4.79 Å². The molecular weight excluding hydrogens is 420 g/mol. The van der Waals surface area contributed by atoms with Crippen LogP contribution in [-0.4, -0.2) is 41.2 Å². The predicted molar refractivity (Wildman–Crippen MR) is 123 cm³/mol. The first-order valence-corrected chi connectivity index (χ1v) is 11.6. The number of carbonyl (C=O) groups excluding carboxylic acids is 1. The van der Waals surface area contributed by atoms with Gasteiger partial charge in [0.05, 0.1) is 6.54 Å². The minimum absolute atomic E-state index is 0.193. The minimum Gasteiger partial charge on any atom is -0.444 e. The third-order valence-electron chi connectivity index (χ3n) is 4.97. The average Bonchev–Trinajstić information content (AvgIpc) is 3.12. The van der Waals surface area contributed by atoms with Crippen LogP contribution in [0.5, 0.6) is 0 Å². The molecule has 8 heteroatoms. The van der Waals surface area contributed by atoms with Gasteiger partial charge in [-0.3, -0.25) is 0 Å². The molecule has 0 radical (unpaired) electrons. The predicted octanol–water partition coefficient (Wildman–Crippen LogP) is 5.15. The summed E-state index contributed by atoms with van der Waals surface area (Å²) in [6.07, 6.45) is 3.63. The van der Waals surface area contributed by atoms with Gasteiger partial charge in [0.15, 0.2) is 4.47 Å². The largest absolute Gasteiger partial charge is 0.444 e. The summed E-state index contributed by atoms with van der Waals surface area (Å²) in [6.45, 7) is 9.79. The van der Waals surface area contributed by atoms with Gasteiger partial charge in [-0.25, -0.2) is 9.78 Å². The lowest BCUT2D eigenvalue weighted by molar-refractivity contribution is 0.0184. The van der Waals surface area contributed by atoms with Crippen LogP contribution in [0.4, 0.5) is 10.5 Å². The number of likely N-dealkylation sites (tertiary alicyclic amines) is 1. The van der Waals surface area contributed by atoms with Crippen LogP contribution in [0, 0.1) is 5.92 Å². The van der Waals surface area contributed by atoms with Crippen molar-refractivity contribution in [2.45, 2.75) is 52.3 Å². The molecule has 2 N–H and O–H groups in total. The van der Waals surface area contributed by atoms with Crippen molar-refractivity contribution in [1.29, 1.82) is 0 Å². The second-order valence-electron chi connectivity index (χ2n) is 8.67. The number of halogens is 1. The Hall–Kier alpha value is -1.83. The summed E-state index contributed by atoms with van der Waals surface area (Å²) in [5, 5.41) is 6.94. The molecule has 0 aliphatic carbocycles. The molecule has 30 heavy (non-hydrogen) atoms. The fourth-order valence-electron chi connectivity index (χ4n) is 3.36. The van der Waals surface area contributed by atoms with Crippen molar-refractivity contribution in [3.05, 3.63) is 45.4 Å². The Balaban J connectivity index is 1.33. The van der Waals surface area contributed by atoms with Gasteiger partial charge in [-0.1, -0.05) is 23.7 Å². The number of amides is 1. The first kappa shape index (κ1) is 22.8. The number of aromatic nitrogens is 1. The lowest BCUT2D eigenvalue weighted by Crippen LogP contribution is -2.43. The molecule has 2 heterocycles. The first-order valence-electron chi connectivity index (χ1n) is 10.4. The Kier molecular flexibility index (Phi) is 7.97. The molecule has 0 atom stereocenters. The molecule has 0 spiro atoms. The van der Waals surface area contributed by atoms with Crippen molar-refractivity contribution in [3.8, 4) is 0 Å². The lowest BCUT2D eigenvalue weighted by Gasteiger charge is -2.33. The Bertz CT molecular complexity index is 811. The Morgan fingerprint density at radius 3 is 2.53 bits per heavy atom. The number of benzene rings is 1. The van der Waals surface area contributed by atoms with E-state index in [4.69, 9.17) is 16.3 Å². The van der Waals surface area contributed by atoms with Crippen LogP contribution in [0.2, 0.25) is 4.47 Å². The number of nitrogens with zero attached hydrogens (tertiary/aromatic N) is 2.